The summed E-state index contributed by atoms with van der Waals surface area (Å²) in [6.45, 7) is 4.46. The Hall–Kier alpha value is -1.16. The van der Waals surface area contributed by atoms with Gasteiger partial charge in [0.25, 0.3) is 0 Å². The lowest BCUT2D eigenvalue weighted by molar-refractivity contribution is 0.0384. The predicted octanol–water partition coefficient (Wildman–Crippen LogP) is 1.84. The van der Waals surface area contributed by atoms with E-state index in [9.17, 15) is 4.39 Å². The molecule has 82 valence electrons. The molecule has 0 saturated carbocycles. The Morgan fingerprint density at radius 2 is 2.53 bits per heavy atom. The normalized spacial score (nSPS) is 21.7. The van der Waals surface area contributed by atoms with Crippen LogP contribution in [0.5, 0.6) is 0 Å². The molecule has 1 saturated heterocycles. The van der Waals surface area contributed by atoms with Crippen LogP contribution >= 0.6 is 0 Å². The van der Waals surface area contributed by atoms with Gasteiger partial charge in [0.1, 0.15) is 0 Å². The third-order valence-corrected chi connectivity index (χ3v) is 2.67. The molecule has 0 aliphatic carbocycles. The van der Waals surface area contributed by atoms with E-state index < -0.39 is 5.95 Å². The molecule has 1 aliphatic rings. The van der Waals surface area contributed by atoms with Gasteiger partial charge < -0.3 is 9.64 Å². The van der Waals surface area contributed by atoms with Crippen LogP contribution in [0.1, 0.15) is 13.3 Å². The molecule has 1 fully saturated rings. The zero-order valence-corrected chi connectivity index (χ0v) is 8.82. The van der Waals surface area contributed by atoms with Gasteiger partial charge in [0.05, 0.1) is 12.7 Å². The Labute approximate surface area is 88.9 Å². The number of pyridine rings is 1. The second-order valence-corrected chi connectivity index (χ2v) is 3.68. The van der Waals surface area contributed by atoms with Gasteiger partial charge in [0, 0.05) is 31.0 Å². The highest BCUT2D eigenvalue weighted by atomic mass is 19.1. The number of nitrogens with zero attached hydrogens (tertiary/aromatic N) is 2. The molecule has 1 aromatic rings. The summed E-state index contributed by atoms with van der Waals surface area (Å²) >= 11 is 0. The molecule has 0 bridgehead atoms. The molecule has 3 nitrogen and oxygen atoms in total. The van der Waals surface area contributed by atoms with Gasteiger partial charge in [-0.2, -0.15) is 4.39 Å². The van der Waals surface area contributed by atoms with Crippen LogP contribution in [0.4, 0.5) is 10.1 Å². The van der Waals surface area contributed by atoms with E-state index in [-0.39, 0.29) is 6.10 Å². The minimum absolute atomic E-state index is 0.259. The Kier molecular flexibility index (Phi) is 3.16. The first kappa shape index (κ1) is 10.4. The third kappa shape index (κ3) is 2.45. The quantitative estimate of drug-likeness (QED) is 0.696. The van der Waals surface area contributed by atoms with Gasteiger partial charge in [-0.1, -0.05) is 6.92 Å². The SMILES string of the molecule is CCC1CN(c2ccnc(F)c2)CCO1. The fraction of sp³-hybridized carbons (Fsp3) is 0.545. The van der Waals surface area contributed by atoms with E-state index >= 15 is 0 Å². The van der Waals surface area contributed by atoms with Gasteiger partial charge in [-0.15, -0.1) is 0 Å². The molecule has 1 aromatic heterocycles. The van der Waals surface area contributed by atoms with Gasteiger partial charge in [-0.3, -0.25) is 0 Å². The van der Waals surface area contributed by atoms with Crippen molar-refractivity contribution in [2.45, 2.75) is 19.4 Å². The molecule has 1 atom stereocenters. The van der Waals surface area contributed by atoms with Crippen molar-refractivity contribution < 1.29 is 9.13 Å². The van der Waals surface area contributed by atoms with Crippen LogP contribution in [-0.2, 0) is 4.74 Å². The van der Waals surface area contributed by atoms with Crippen molar-refractivity contribution in [2.75, 3.05) is 24.6 Å². The average molecular weight is 210 g/mol. The molecule has 0 spiro atoms. The third-order valence-electron chi connectivity index (χ3n) is 2.67. The number of aromatic nitrogens is 1. The van der Waals surface area contributed by atoms with Crippen molar-refractivity contribution >= 4 is 5.69 Å². The van der Waals surface area contributed by atoms with Crippen LogP contribution in [0.25, 0.3) is 0 Å². The molecular formula is C11H15FN2O. The van der Waals surface area contributed by atoms with Gasteiger partial charge in [-0.05, 0) is 12.5 Å². The predicted molar refractivity (Wildman–Crippen MR) is 56.4 cm³/mol. The first-order chi connectivity index (χ1) is 7.29. The smallest absolute Gasteiger partial charge is 0.214 e. The summed E-state index contributed by atoms with van der Waals surface area (Å²) in [6, 6.07) is 3.30. The number of hydrogen-bond acceptors (Lipinski definition) is 3. The van der Waals surface area contributed by atoms with Gasteiger partial charge >= 0.3 is 0 Å². The van der Waals surface area contributed by atoms with E-state index in [0.717, 1.165) is 25.2 Å². The topological polar surface area (TPSA) is 25.4 Å². The first-order valence-corrected chi connectivity index (χ1v) is 5.27. The molecule has 1 unspecified atom stereocenters. The van der Waals surface area contributed by atoms with Crippen LogP contribution in [0.3, 0.4) is 0 Å². The summed E-state index contributed by atoms with van der Waals surface area (Å²) in [5, 5.41) is 0. The maximum absolute atomic E-state index is 12.9. The number of ether oxygens (including phenoxy) is 1. The number of hydrogen-bond donors (Lipinski definition) is 0. The molecule has 0 aromatic carbocycles. The monoisotopic (exact) mass is 210 g/mol. The minimum Gasteiger partial charge on any atom is -0.375 e. The number of anilines is 1. The lowest BCUT2D eigenvalue weighted by Gasteiger charge is -2.34. The van der Waals surface area contributed by atoms with Crippen molar-refractivity contribution in [3.8, 4) is 0 Å². The van der Waals surface area contributed by atoms with Crippen molar-refractivity contribution in [1.29, 1.82) is 0 Å². The van der Waals surface area contributed by atoms with E-state index in [2.05, 4.69) is 16.8 Å². The van der Waals surface area contributed by atoms with Gasteiger partial charge in [0.15, 0.2) is 0 Å². The fourth-order valence-corrected chi connectivity index (χ4v) is 1.79. The molecule has 4 heteroatoms. The molecular weight excluding hydrogens is 195 g/mol. The van der Waals surface area contributed by atoms with Crippen molar-refractivity contribution in [1.82, 2.24) is 4.98 Å². The largest absolute Gasteiger partial charge is 0.375 e. The summed E-state index contributed by atoms with van der Waals surface area (Å²) in [5.74, 6) is -0.424. The van der Waals surface area contributed by atoms with Crippen LogP contribution in [0.2, 0.25) is 0 Å². The Bertz CT molecular complexity index is 332. The summed E-state index contributed by atoms with van der Waals surface area (Å²) in [5.41, 5.74) is 0.893. The van der Waals surface area contributed by atoms with Crippen LogP contribution in [-0.4, -0.2) is 30.8 Å². The maximum Gasteiger partial charge on any atom is 0.214 e. The molecule has 1 aliphatic heterocycles. The number of halogens is 1. The maximum atomic E-state index is 12.9. The van der Waals surface area contributed by atoms with Crippen molar-refractivity contribution in [3.05, 3.63) is 24.3 Å². The van der Waals surface area contributed by atoms with Gasteiger partial charge in [-0.25, -0.2) is 4.98 Å². The van der Waals surface area contributed by atoms with Crippen molar-refractivity contribution in [3.63, 3.8) is 0 Å². The molecule has 2 heterocycles. The summed E-state index contributed by atoms with van der Waals surface area (Å²) < 4.78 is 18.5. The molecule has 0 radical (unpaired) electrons. The fourth-order valence-electron chi connectivity index (χ4n) is 1.79. The summed E-state index contributed by atoms with van der Waals surface area (Å²) in [7, 11) is 0. The van der Waals surface area contributed by atoms with E-state index in [1.54, 1.807) is 0 Å². The summed E-state index contributed by atoms with van der Waals surface area (Å²) in [4.78, 5) is 5.69. The number of morpholine rings is 1. The first-order valence-electron chi connectivity index (χ1n) is 5.27. The Morgan fingerprint density at radius 3 is 3.27 bits per heavy atom. The minimum atomic E-state index is -0.424. The molecule has 2 rings (SSSR count). The van der Waals surface area contributed by atoms with Crippen LogP contribution < -0.4 is 4.90 Å². The summed E-state index contributed by atoms with van der Waals surface area (Å²) in [6.07, 6.45) is 2.75. The van der Waals surface area contributed by atoms with E-state index in [1.165, 1.54) is 12.3 Å². The van der Waals surface area contributed by atoms with Gasteiger partial charge in [0.2, 0.25) is 5.95 Å². The highest BCUT2D eigenvalue weighted by Crippen LogP contribution is 2.18. The Morgan fingerprint density at radius 1 is 1.67 bits per heavy atom. The second-order valence-electron chi connectivity index (χ2n) is 3.68. The van der Waals surface area contributed by atoms with E-state index in [1.807, 2.05) is 6.07 Å². The van der Waals surface area contributed by atoms with Crippen molar-refractivity contribution in [2.24, 2.45) is 0 Å². The zero-order valence-electron chi connectivity index (χ0n) is 8.82. The number of rotatable bonds is 2. The molecule has 0 N–H and O–H groups in total. The lowest BCUT2D eigenvalue weighted by atomic mass is 10.2. The average Bonchev–Trinajstić information content (AvgIpc) is 2.29. The van der Waals surface area contributed by atoms with E-state index in [0.29, 0.717) is 6.61 Å². The highest BCUT2D eigenvalue weighted by molar-refractivity contribution is 5.45. The van der Waals surface area contributed by atoms with Crippen LogP contribution in [0, 0.1) is 5.95 Å². The van der Waals surface area contributed by atoms with E-state index in [4.69, 9.17) is 4.74 Å². The lowest BCUT2D eigenvalue weighted by Crippen LogP contribution is -2.42. The standard InChI is InChI=1S/C11H15FN2O/c1-2-10-8-14(5-6-15-10)9-3-4-13-11(12)7-9/h3-4,7,10H,2,5-6,8H2,1H3. The highest BCUT2D eigenvalue weighted by Gasteiger charge is 2.19. The van der Waals surface area contributed by atoms with Crippen LogP contribution in [0.15, 0.2) is 18.3 Å². The zero-order chi connectivity index (χ0) is 10.7. The second kappa shape index (κ2) is 4.57. The molecule has 15 heavy (non-hydrogen) atoms. The molecule has 0 amide bonds. The Balaban J connectivity index is 2.09.